The quantitative estimate of drug-likeness (QED) is 0.616. The van der Waals surface area contributed by atoms with Crippen molar-refractivity contribution in [3.8, 4) is 0 Å². The van der Waals surface area contributed by atoms with Gasteiger partial charge in [0.05, 0.1) is 50.8 Å². The van der Waals surface area contributed by atoms with Crippen molar-refractivity contribution >= 4 is 0 Å². The number of rotatable bonds is 8. The van der Waals surface area contributed by atoms with E-state index in [4.69, 9.17) is 30.4 Å². The van der Waals surface area contributed by atoms with E-state index in [1.165, 1.54) is 0 Å². The molecule has 1 saturated carbocycles. The fraction of sp³-hybridized carbons (Fsp3) is 1.00. The van der Waals surface area contributed by atoms with Crippen molar-refractivity contribution in [2.45, 2.75) is 62.2 Å². The van der Waals surface area contributed by atoms with Gasteiger partial charge in [-0.1, -0.05) is 0 Å². The molecule has 8 atom stereocenters. The molecule has 0 amide bonds. The predicted molar refractivity (Wildman–Crippen MR) is 87.3 cm³/mol. The Hall–Kier alpha value is -0.240. The number of epoxide rings is 4. The SMILES string of the molecule is NC1C(CC2CO2)C(CC2CO2)C(N)C(CC2CO2)C1CC1CO1. The summed E-state index contributed by atoms with van der Waals surface area (Å²) in [7, 11) is 0. The van der Waals surface area contributed by atoms with Gasteiger partial charge in [-0.15, -0.1) is 0 Å². The molecule has 136 valence electrons. The van der Waals surface area contributed by atoms with E-state index in [0.717, 1.165) is 52.1 Å². The molecule has 4 saturated heterocycles. The van der Waals surface area contributed by atoms with Crippen LogP contribution in [-0.2, 0) is 18.9 Å². The molecule has 6 heteroatoms. The van der Waals surface area contributed by atoms with Gasteiger partial charge in [-0.25, -0.2) is 0 Å². The molecule has 4 heterocycles. The molecule has 0 aromatic carbocycles. The first-order valence-corrected chi connectivity index (χ1v) is 9.66. The summed E-state index contributed by atoms with van der Waals surface area (Å²) in [5, 5.41) is 0. The lowest BCUT2D eigenvalue weighted by Crippen LogP contribution is -2.59. The second-order valence-electron chi connectivity index (χ2n) is 8.57. The van der Waals surface area contributed by atoms with Gasteiger partial charge in [0.25, 0.3) is 0 Å². The van der Waals surface area contributed by atoms with Crippen LogP contribution in [0.5, 0.6) is 0 Å². The van der Waals surface area contributed by atoms with Gasteiger partial charge in [0.1, 0.15) is 0 Å². The molecule has 5 rings (SSSR count). The summed E-state index contributed by atoms with van der Waals surface area (Å²) in [6, 6.07) is 0.372. The Morgan fingerprint density at radius 1 is 0.500 bits per heavy atom. The van der Waals surface area contributed by atoms with E-state index in [0.29, 0.717) is 48.1 Å². The lowest BCUT2D eigenvalue weighted by atomic mass is 9.58. The van der Waals surface area contributed by atoms with E-state index in [1.807, 2.05) is 0 Å². The molecule has 0 aromatic rings. The highest BCUT2D eigenvalue weighted by atomic mass is 16.6. The van der Waals surface area contributed by atoms with E-state index < -0.39 is 0 Å². The zero-order valence-electron chi connectivity index (χ0n) is 14.2. The van der Waals surface area contributed by atoms with Gasteiger partial charge in [-0.3, -0.25) is 0 Å². The maximum Gasteiger partial charge on any atom is 0.0813 e. The van der Waals surface area contributed by atoms with E-state index in [2.05, 4.69) is 0 Å². The van der Waals surface area contributed by atoms with E-state index in [-0.39, 0.29) is 12.1 Å². The van der Waals surface area contributed by atoms with Crippen LogP contribution in [0.15, 0.2) is 0 Å². The summed E-state index contributed by atoms with van der Waals surface area (Å²) in [6.07, 6.45) is 5.83. The van der Waals surface area contributed by atoms with Crippen molar-refractivity contribution in [1.82, 2.24) is 0 Å². The second kappa shape index (κ2) is 6.18. The Kier molecular flexibility index (Phi) is 4.11. The summed E-state index contributed by atoms with van der Waals surface area (Å²) >= 11 is 0. The van der Waals surface area contributed by atoms with E-state index in [9.17, 15) is 0 Å². The molecule has 0 aromatic heterocycles. The Labute approximate surface area is 143 Å². The van der Waals surface area contributed by atoms with Crippen LogP contribution in [0, 0.1) is 23.7 Å². The maximum absolute atomic E-state index is 6.86. The number of hydrogen-bond donors (Lipinski definition) is 2. The monoisotopic (exact) mass is 338 g/mol. The molecule has 6 nitrogen and oxygen atoms in total. The first-order chi connectivity index (χ1) is 11.7. The fourth-order valence-corrected chi connectivity index (χ4v) is 5.14. The first-order valence-electron chi connectivity index (χ1n) is 9.66. The van der Waals surface area contributed by atoms with Crippen molar-refractivity contribution in [3.63, 3.8) is 0 Å². The molecule has 5 fully saturated rings. The van der Waals surface area contributed by atoms with Crippen LogP contribution in [0.1, 0.15) is 25.7 Å². The summed E-state index contributed by atoms with van der Waals surface area (Å²) in [6.45, 7) is 3.56. The summed E-state index contributed by atoms with van der Waals surface area (Å²) in [5.41, 5.74) is 13.7. The van der Waals surface area contributed by atoms with Crippen LogP contribution in [0.3, 0.4) is 0 Å². The third kappa shape index (κ3) is 3.50. The highest BCUT2D eigenvalue weighted by molar-refractivity contribution is 5.05. The second-order valence-corrected chi connectivity index (χ2v) is 8.57. The number of hydrogen-bond acceptors (Lipinski definition) is 6. The predicted octanol–water partition coefficient (Wildman–Crippen LogP) is 0.275. The van der Waals surface area contributed by atoms with Crippen molar-refractivity contribution in [1.29, 1.82) is 0 Å². The van der Waals surface area contributed by atoms with Crippen molar-refractivity contribution in [3.05, 3.63) is 0 Å². The van der Waals surface area contributed by atoms with Crippen LogP contribution in [0.2, 0.25) is 0 Å². The Morgan fingerprint density at radius 3 is 0.875 bits per heavy atom. The molecular formula is C18H30N2O4. The molecule has 1 aliphatic carbocycles. The van der Waals surface area contributed by atoms with Crippen LogP contribution in [0.4, 0.5) is 0 Å². The third-order valence-corrected chi connectivity index (χ3v) is 6.83. The highest BCUT2D eigenvalue weighted by Crippen LogP contribution is 2.48. The molecule has 4 aliphatic heterocycles. The van der Waals surface area contributed by atoms with Gasteiger partial charge < -0.3 is 30.4 Å². The number of nitrogens with two attached hydrogens (primary N) is 2. The summed E-state index contributed by atoms with van der Waals surface area (Å²) in [5.74, 6) is 1.77. The molecule has 5 aliphatic rings. The minimum absolute atomic E-state index is 0.186. The number of ether oxygens (including phenoxy) is 4. The molecule has 0 bridgehead atoms. The van der Waals surface area contributed by atoms with Gasteiger partial charge >= 0.3 is 0 Å². The molecule has 0 radical (unpaired) electrons. The van der Waals surface area contributed by atoms with Crippen LogP contribution in [0.25, 0.3) is 0 Å². The van der Waals surface area contributed by atoms with Gasteiger partial charge in [0.15, 0.2) is 0 Å². The van der Waals surface area contributed by atoms with Gasteiger partial charge in [-0.05, 0) is 49.4 Å². The van der Waals surface area contributed by atoms with Crippen LogP contribution < -0.4 is 11.5 Å². The topological polar surface area (TPSA) is 102 Å². The zero-order chi connectivity index (χ0) is 16.3. The lowest BCUT2D eigenvalue weighted by Gasteiger charge is -2.50. The van der Waals surface area contributed by atoms with Gasteiger partial charge in [-0.2, -0.15) is 0 Å². The lowest BCUT2D eigenvalue weighted by molar-refractivity contribution is 0.0260. The molecule has 8 unspecified atom stereocenters. The highest BCUT2D eigenvalue weighted by Gasteiger charge is 2.52. The standard InChI is InChI=1S/C18H30N2O4/c19-17-13(1-9-5-21-9)14(2-10-6-22-10)18(20)16(4-12-8-24-12)15(17)3-11-7-23-11/h9-18H,1-8,19-20H2. The average Bonchev–Trinajstić information content (AvgIpc) is 3.42. The average molecular weight is 338 g/mol. The van der Waals surface area contributed by atoms with Gasteiger partial charge in [0.2, 0.25) is 0 Å². The maximum atomic E-state index is 6.86. The van der Waals surface area contributed by atoms with Crippen molar-refractivity contribution < 1.29 is 18.9 Å². The zero-order valence-corrected chi connectivity index (χ0v) is 14.2. The van der Waals surface area contributed by atoms with E-state index in [1.54, 1.807) is 0 Å². The third-order valence-electron chi connectivity index (χ3n) is 6.83. The largest absolute Gasteiger partial charge is 0.373 e. The molecule has 0 spiro atoms. The van der Waals surface area contributed by atoms with Crippen LogP contribution >= 0.6 is 0 Å². The normalized spacial score (nSPS) is 55.2. The summed E-state index contributed by atoms with van der Waals surface area (Å²) in [4.78, 5) is 0. The minimum atomic E-state index is 0.186. The molecule has 24 heavy (non-hydrogen) atoms. The summed E-state index contributed by atoms with van der Waals surface area (Å²) < 4.78 is 22.1. The Balaban J connectivity index is 1.37. The Morgan fingerprint density at radius 2 is 0.708 bits per heavy atom. The first kappa shape index (κ1) is 16.0. The smallest absolute Gasteiger partial charge is 0.0813 e. The van der Waals surface area contributed by atoms with Crippen molar-refractivity contribution in [2.75, 3.05) is 26.4 Å². The minimum Gasteiger partial charge on any atom is -0.373 e. The van der Waals surface area contributed by atoms with Gasteiger partial charge in [0, 0.05) is 12.1 Å². The van der Waals surface area contributed by atoms with Crippen LogP contribution in [-0.4, -0.2) is 62.9 Å². The molecular weight excluding hydrogens is 308 g/mol. The molecule has 4 N–H and O–H groups in total. The Bertz CT molecular complexity index is 380. The fourth-order valence-electron chi connectivity index (χ4n) is 5.14. The van der Waals surface area contributed by atoms with Crippen molar-refractivity contribution in [2.24, 2.45) is 35.1 Å². The van der Waals surface area contributed by atoms with E-state index >= 15 is 0 Å².